The van der Waals surface area contributed by atoms with Crippen molar-refractivity contribution in [2.45, 2.75) is 19.2 Å². The summed E-state index contributed by atoms with van der Waals surface area (Å²) in [6, 6.07) is 3.70. The molecule has 130 valence electrons. The number of nitrogens with zero attached hydrogens (tertiary/aromatic N) is 1. The number of fused-ring (bicyclic) bond motifs is 1. The third kappa shape index (κ3) is 5.57. The molecule has 2 rings (SSSR count). The summed E-state index contributed by atoms with van der Waals surface area (Å²) in [5.74, 6) is -0.728. The molecule has 1 aromatic carbocycles. The zero-order chi connectivity index (χ0) is 17.7. The number of aromatic nitrogens is 1. The van der Waals surface area contributed by atoms with Gasteiger partial charge in [0.1, 0.15) is 5.75 Å². The lowest BCUT2D eigenvalue weighted by Crippen LogP contribution is -2.16. The monoisotopic (exact) mass is 363 g/mol. The number of thiazole rings is 1. The van der Waals surface area contributed by atoms with Crippen LogP contribution in [0.3, 0.4) is 0 Å². The minimum absolute atomic E-state index is 0.0146. The Morgan fingerprint density at radius 1 is 1.33 bits per heavy atom. The molecule has 0 aliphatic heterocycles. The molecule has 11 heteroatoms. The molecule has 0 bridgehead atoms. The Morgan fingerprint density at radius 2 is 2.08 bits per heavy atom. The summed E-state index contributed by atoms with van der Waals surface area (Å²) in [6.45, 7) is 0.0146. The summed E-state index contributed by atoms with van der Waals surface area (Å²) >= 11 is 1.01. The smallest absolute Gasteiger partial charge is 0.450 e. The van der Waals surface area contributed by atoms with Gasteiger partial charge in [0, 0.05) is 12.5 Å². The molecule has 0 unspecified atom stereocenters. The number of hydrogen-bond donors (Lipinski definition) is 2. The second-order valence-electron chi connectivity index (χ2n) is 4.52. The van der Waals surface area contributed by atoms with E-state index in [2.05, 4.69) is 19.8 Å². The lowest BCUT2D eigenvalue weighted by Gasteiger charge is -2.07. The Kier molecular flexibility index (Phi) is 5.44. The zero-order valence-electron chi connectivity index (χ0n) is 12.1. The van der Waals surface area contributed by atoms with Gasteiger partial charge in [-0.25, -0.2) is 9.78 Å². The van der Waals surface area contributed by atoms with E-state index in [4.69, 9.17) is 5.73 Å². The molecule has 0 spiro atoms. The quantitative estimate of drug-likeness (QED) is 0.768. The van der Waals surface area contributed by atoms with Gasteiger partial charge in [-0.15, -0.1) is 13.2 Å². The largest absolute Gasteiger partial charge is 0.573 e. The van der Waals surface area contributed by atoms with Crippen molar-refractivity contribution >= 4 is 38.7 Å². The normalized spacial score (nSPS) is 11.3. The van der Waals surface area contributed by atoms with E-state index in [1.54, 1.807) is 0 Å². The van der Waals surface area contributed by atoms with Crippen LogP contribution in [0.15, 0.2) is 18.2 Å². The first-order valence-corrected chi connectivity index (χ1v) is 7.43. The van der Waals surface area contributed by atoms with Crippen LogP contribution >= 0.6 is 11.3 Å². The summed E-state index contributed by atoms with van der Waals surface area (Å²) in [7, 11) is 0. The molecule has 0 atom stereocenters. The molecule has 3 N–H and O–H groups in total. The number of hydrogen-bond acceptors (Lipinski definition) is 6. The molecular weight excluding hydrogens is 351 g/mol. The van der Waals surface area contributed by atoms with Crippen LogP contribution in [0.1, 0.15) is 12.8 Å². The van der Waals surface area contributed by atoms with Crippen LogP contribution in [-0.4, -0.2) is 30.0 Å². The SMILES string of the molecule is NC(=O)OCCCC(=O)Nc1nc2ccc(OC(F)(F)F)cc2s1. The number of benzene rings is 1. The first kappa shape index (κ1) is 17.8. The van der Waals surface area contributed by atoms with E-state index in [9.17, 15) is 22.8 Å². The standard InChI is InChI=1S/C13H12F3N3O4S/c14-13(15,16)23-7-3-4-8-9(6-7)24-12(18-8)19-10(20)2-1-5-22-11(17)21/h3-4,6H,1-2,5H2,(H2,17,21)(H,18,19,20). The predicted octanol–water partition coefficient (Wildman–Crippen LogP) is 3.01. The van der Waals surface area contributed by atoms with Crippen LogP contribution in [0.25, 0.3) is 10.2 Å². The van der Waals surface area contributed by atoms with Crippen molar-refractivity contribution in [3.8, 4) is 5.75 Å². The van der Waals surface area contributed by atoms with E-state index in [0.29, 0.717) is 10.2 Å². The van der Waals surface area contributed by atoms with Crippen molar-refractivity contribution in [2.75, 3.05) is 11.9 Å². The van der Waals surface area contributed by atoms with E-state index in [1.165, 1.54) is 12.1 Å². The molecule has 7 nitrogen and oxygen atoms in total. The van der Waals surface area contributed by atoms with Crippen LogP contribution in [0.4, 0.5) is 23.1 Å². The number of ether oxygens (including phenoxy) is 2. The van der Waals surface area contributed by atoms with E-state index < -0.39 is 12.5 Å². The van der Waals surface area contributed by atoms with Crippen molar-refractivity contribution < 1.29 is 32.2 Å². The molecule has 2 aromatic rings. The zero-order valence-corrected chi connectivity index (χ0v) is 12.9. The number of halogens is 3. The third-order valence-electron chi connectivity index (χ3n) is 2.63. The van der Waals surface area contributed by atoms with Gasteiger partial charge in [-0.2, -0.15) is 0 Å². The number of alkyl halides is 3. The Labute approximate surface area is 137 Å². The number of primary amides is 1. The fraction of sp³-hybridized carbons (Fsp3) is 0.308. The molecular formula is C13H12F3N3O4S. The number of carbonyl (C=O) groups is 2. The van der Waals surface area contributed by atoms with Crippen molar-refractivity contribution in [2.24, 2.45) is 5.73 Å². The topological polar surface area (TPSA) is 104 Å². The van der Waals surface area contributed by atoms with Gasteiger partial charge >= 0.3 is 12.5 Å². The highest BCUT2D eigenvalue weighted by Crippen LogP contribution is 2.31. The second kappa shape index (κ2) is 7.34. The fourth-order valence-corrected chi connectivity index (χ4v) is 2.65. The second-order valence-corrected chi connectivity index (χ2v) is 5.55. The first-order chi connectivity index (χ1) is 11.2. The van der Waals surface area contributed by atoms with Crippen molar-refractivity contribution in [3.63, 3.8) is 0 Å². The minimum Gasteiger partial charge on any atom is -0.450 e. The van der Waals surface area contributed by atoms with Gasteiger partial charge < -0.3 is 20.5 Å². The predicted molar refractivity (Wildman–Crippen MR) is 79.7 cm³/mol. The summed E-state index contributed by atoms with van der Waals surface area (Å²) < 4.78 is 45.3. The van der Waals surface area contributed by atoms with Crippen molar-refractivity contribution in [3.05, 3.63) is 18.2 Å². The van der Waals surface area contributed by atoms with Gasteiger partial charge in [0.15, 0.2) is 5.13 Å². The van der Waals surface area contributed by atoms with Gasteiger partial charge in [0.25, 0.3) is 0 Å². The average Bonchev–Trinajstić information content (AvgIpc) is 2.83. The van der Waals surface area contributed by atoms with Gasteiger partial charge in [0.2, 0.25) is 5.91 Å². The van der Waals surface area contributed by atoms with Gasteiger partial charge in [-0.05, 0) is 18.6 Å². The van der Waals surface area contributed by atoms with Gasteiger partial charge in [0.05, 0.1) is 16.8 Å². The summed E-state index contributed by atoms with van der Waals surface area (Å²) in [5.41, 5.74) is 5.21. The molecule has 0 saturated heterocycles. The Hall–Kier alpha value is -2.56. The Bertz CT molecular complexity index is 748. The molecule has 2 amide bonds. The molecule has 1 heterocycles. The number of nitrogens with one attached hydrogen (secondary N) is 1. The lowest BCUT2D eigenvalue weighted by molar-refractivity contribution is -0.274. The average molecular weight is 363 g/mol. The highest BCUT2D eigenvalue weighted by molar-refractivity contribution is 7.22. The van der Waals surface area contributed by atoms with E-state index >= 15 is 0 Å². The van der Waals surface area contributed by atoms with Crippen LogP contribution in [-0.2, 0) is 9.53 Å². The molecule has 0 aliphatic carbocycles. The van der Waals surface area contributed by atoms with E-state index in [0.717, 1.165) is 17.4 Å². The van der Waals surface area contributed by atoms with Crippen LogP contribution < -0.4 is 15.8 Å². The summed E-state index contributed by atoms with van der Waals surface area (Å²) in [5, 5.41) is 2.77. The first-order valence-electron chi connectivity index (χ1n) is 6.61. The van der Waals surface area contributed by atoms with Crippen LogP contribution in [0.5, 0.6) is 5.75 Å². The van der Waals surface area contributed by atoms with Crippen molar-refractivity contribution in [1.82, 2.24) is 4.98 Å². The summed E-state index contributed by atoms with van der Waals surface area (Å²) in [6.07, 6.45) is -5.34. The maximum absolute atomic E-state index is 12.2. The number of rotatable bonds is 6. The highest BCUT2D eigenvalue weighted by Gasteiger charge is 2.31. The number of anilines is 1. The molecule has 0 radical (unpaired) electrons. The third-order valence-corrected chi connectivity index (χ3v) is 3.57. The fourth-order valence-electron chi connectivity index (χ4n) is 1.74. The number of carbonyl (C=O) groups excluding carboxylic acids is 2. The molecule has 24 heavy (non-hydrogen) atoms. The Morgan fingerprint density at radius 3 is 2.75 bits per heavy atom. The lowest BCUT2D eigenvalue weighted by atomic mass is 10.3. The molecule has 1 aromatic heterocycles. The van der Waals surface area contributed by atoms with Crippen LogP contribution in [0.2, 0.25) is 0 Å². The van der Waals surface area contributed by atoms with Crippen molar-refractivity contribution in [1.29, 1.82) is 0 Å². The van der Waals surface area contributed by atoms with Crippen LogP contribution in [0, 0.1) is 0 Å². The molecule has 0 saturated carbocycles. The number of amides is 2. The Balaban J connectivity index is 1.95. The van der Waals surface area contributed by atoms with Gasteiger partial charge in [-0.3, -0.25) is 4.79 Å². The highest BCUT2D eigenvalue weighted by atomic mass is 32.1. The van der Waals surface area contributed by atoms with Gasteiger partial charge in [-0.1, -0.05) is 11.3 Å². The maximum atomic E-state index is 12.2. The minimum atomic E-state index is -4.78. The number of nitrogens with two attached hydrogens (primary N) is 1. The molecule has 0 aliphatic rings. The summed E-state index contributed by atoms with van der Waals surface area (Å²) in [4.78, 5) is 26.1. The maximum Gasteiger partial charge on any atom is 0.573 e. The van der Waals surface area contributed by atoms with E-state index in [-0.39, 0.29) is 36.2 Å². The molecule has 0 fully saturated rings. The van der Waals surface area contributed by atoms with E-state index in [1.807, 2.05) is 0 Å².